The number of esters is 2. The minimum absolute atomic E-state index is 0.0536. The smallest absolute Gasteiger partial charge is 0.320 e. The predicted molar refractivity (Wildman–Crippen MR) is 106 cm³/mol. The van der Waals surface area contributed by atoms with E-state index < -0.39 is 23.8 Å². The molecule has 1 atom stereocenters. The highest BCUT2D eigenvalue weighted by atomic mass is 35.5. The second-order valence-corrected chi connectivity index (χ2v) is 6.80. The van der Waals surface area contributed by atoms with Crippen molar-refractivity contribution in [3.8, 4) is 0 Å². The fourth-order valence-corrected chi connectivity index (χ4v) is 3.19. The van der Waals surface area contributed by atoms with Gasteiger partial charge < -0.3 is 9.47 Å². The molecule has 0 saturated carbocycles. The molecule has 0 radical (unpaired) electrons. The van der Waals surface area contributed by atoms with Crippen LogP contribution in [0.15, 0.2) is 48.5 Å². The first-order chi connectivity index (χ1) is 13.4. The highest BCUT2D eigenvalue weighted by Gasteiger charge is 2.39. The molecule has 0 aliphatic heterocycles. The van der Waals surface area contributed by atoms with Gasteiger partial charge in [-0.25, -0.2) is 0 Å². The number of benzene rings is 2. The Morgan fingerprint density at radius 1 is 0.893 bits per heavy atom. The molecule has 0 heterocycles. The molecule has 0 fully saturated rings. The van der Waals surface area contributed by atoms with Crippen LogP contribution in [0.2, 0.25) is 5.02 Å². The Hall–Kier alpha value is -2.66. The molecule has 1 unspecified atom stereocenters. The Morgan fingerprint density at radius 3 is 1.89 bits per heavy atom. The van der Waals surface area contributed by atoms with E-state index in [4.69, 9.17) is 21.1 Å². The molecule has 0 aromatic heterocycles. The number of carbonyl (C=O) groups excluding carboxylic acids is 3. The van der Waals surface area contributed by atoms with Gasteiger partial charge in [-0.1, -0.05) is 54.9 Å². The Morgan fingerprint density at radius 2 is 1.43 bits per heavy atom. The number of ketones is 1. The summed E-state index contributed by atoms with van der Waals surface area (Å²) < 4.78 is 9.60. The first-order valence-electron chi connectivity index (χ1n) is 8.94. The predicted octanol–water partition coefficient (Wildman–Crippen LogP) is 4.22. The van der Waals surface area contributed by atoms with Gasteiger partial charge in [0.15, 0.2) is 11.7 Å². The lowest BCUT2D eigenvalue weighted by atomic mass is 9.81. The third-order valence-electron chi connectivity index (χ3n) is 4.70. The summed E-state index contributed by atoms with van der Waals surface area (Å²) in [6.07, 6.45) is 0.816. The van der Waals surface area contributed by atoms with Gasteiger partial charge in [-0.2, -0.15) is 0 Å². The number of carbonyl (C=O) groups is 3. The molecule has 0 saturated heterocycles. The van der Waals surface area contributed by atoms with Crippen molar-refractivity contribution in [2.75, 3.05) is 14.2 Å². The van der Waals surface area contributed by atoms with Crippen LogP contribution in [-0.4, -0.2) is 31.9 Å². The number of aryl methyl sites for hydroxylation is 1. The number of rotatable bonds is 8. The summed E-state index contributed by atoms with van der Waals surface area (Å²) in [5.41, 5.74) is 2.26. The molecule has 6 heteroatoms. The normalized spacial score (nSPS) is 11.8. The maximum absolute atomic E-state index is 12.9. The number of halogens is 1. The Kier molecular flexibility index (Phi) is 7.76. The molecule has 0 aliphatic carbocycles. The molecule has 0 amide bonds. The van der Waals surface area contributed by atoms with Crippen molar-refractivity contribution in [2.45, 2.75) is 25.7 Å². The molecule has 5 nitrogen and oxygen atoms in total. The second kappa shape index (κ2) is 10.0. The molecule has 28 heavy (non-hydrogen) atoms. The van der Waals surface area contributed by atoms with E-state index in [9.17, 15) is 14.4 Å². The summed E-state index contributed by atoms with van der Waals surface area (Å²) in [5.74, 6) is -3.67. The first-order valence-corrected chi connectivity index (χ1v) is 9.32. The molecule has 0 N–H and O–H groups in total. The molecule has 0 spiro atoms. The van der Waals surface area contributed by atoms with Crippen molar-refractivity contribution in [2.24, 2.45) is 5.92 Å². The Bertz CT molecular complexity index is 811. The SMILES string of the molecule is CCc1ccc(C(=O)CC(c2ccc(Cl)cc2)C(C(=O)OC)C(=O)OC)cc1. The topological polar surface area (TPSA) is 69.7 Å². The van der Waals surface area contributed by atoms with Gasteiger partial charge in [0.05, 0.1) is 14.2 Å². The number of hydrogen-bond acceptors (Lipinski definition) is 5. The molecular formula is C22H23ClO5. The summed E-state index contributed by atoms with van der Waals surface area (Å²) in [4.78, 5) is 37.6. The van der Waals surface area contributed by atoms with E-state index in [-0.39, 0.29) is 12.2 Å². The van der Waals surface area contributed by atoms with Crippen LogP contribution in [0.25, 0.3) is 0 Å². The Balaban J connectivity index is 2.41. The number of Topliss-reactive ketones (excluding diaryl/α,β-unsaturated/α-hetero) is 1. The van der Waals surface area contributed by atoms with Crippen LogP contribution in [0.1, 0.15) is 40.7 Å². The summed E-state index contributed by atoms with van der Waals surface area (Å²) in [5, 5.41) is 0.511. The maximum Gasteiger partial charge on any atom is 0.320 e. The van der Waals surface area contributed by atoms with Crippen molar-refractivity contribution in [3.63, 3.8) is 0 Å². The fraction of sp³-hybridized carbons (Fsp3) is 0.318. The average molecular weight is 403 g/mol. The van der Waals surface area contributed by atoms with E-state index in [1.54, 1.807) is 36.4 Å². The maximum atomic E-state index is 12.9. The summed E-state index contributed by atoms with van der Waals surface area (Å²) in [6, 6.07) is 14.0. The fourth-order valence-electron chi connectivity index (χ4n) is 3.06. The highest BCUT2D eigenvalue weighted by Crippen LogP contribution is 2.32. The molecular weight excluding hydrogens is 380 g/mol. The zero-order valence-corrected chi connectivity index (χ0v) is 16.9. The average Bonchev–Trinajstić information content (AvgIpc) is 2.73. The summed E-state index contributed by atoms with van der Waals surface area (Å²) >= 11 is 5.96. The molecule has 0 aliphatic rings. The second-order valence-electron chi connectivity index (χ2n) is 6.36. The van der Waals surface area contributed by atoms with Crippen LogP contribution < -0.4 is 0 Å². The van der Waals surface area contributed by atoms with E-state index in [2.05, 4.69) is 0 Å². The zero-order valence-electron chi connectivity index (χ0n) is 16.1. The van der Waals surface area contributed by atoms with Crippen molar-refractivity contribution in [1.29, 1.82) is 0 Å². The highest BCUT2D eigenvalue weighted by molar-refractivity contribution is 6.30. The molecule has 2 rings (SSSR count). The number of methoxy groups -OCH3 is 2. The van der Waals surface area contributed by atoms with Crippen LogP contribution in [0.3, 0.4) is 0 Å². The van der Waals surface area contributed by atoms with Gasteiger partial charge in [0.2, 0.25) is 0 Å². The lowest BCUT2D eigenvalue weighted by molar-refractivity contribution is -0.159. The summed E-state index contributed by atoms with van der Waals surface area (Å²) in [7, 11) is 2.39. The van der Waals surface area contributed by atoms with Gasteiger partial charge in [-0.05, 0) is 29.7 Å². The van der Waals surface area contributed by atoms with Gasteiger partial charge in [-0.15, -0.1) is 0 Å². The van der Waals surface area contributed by atoms with E-state index in [0.29, 0.717) is 16.1 Å². The van der Waals surface area contributed by atoms with Gasteiger partial charge in [0, 0.05) is 22.9 Å². The first kappa shape index (κ1) is 21.6. The minimum Gasteiger partial charge on any atom is -0.468 e. The molecule has 0 bridgehead atoms. The largest absolute Gasteiger partial charge is 0.468 e. The summed E-state index contributed by atoms with van der Waals surface area (Å²) in [6.45, 7) is 2.03. The van der Waals surface area contributed by atoms with Crippen molar-refractivity contribution >= 4 is 29.3 Å². The van der Waals surface area contributed by atoms with Crippen molar-refractivity contribution in [3.05, 3.63) is 70.2 Å². The van der Waals surface area contributed by atoms with E-state index in [1.165, 1.54) is 14.2 Å². The minimum atomic E-state index is -1.25. The van der Waals surface area contributed by atoms with Gasteiger partial charge >= 0.3 is 11.9 Å². The van der Waals surface area contributed by atoms with E-state index >= 15 is 0 Å². The number of hydrogen-bond donors (Lipinski definition) is 0. The van der Waals surface area contributed by atoms with Crippen LogP contribution in [-0.2, 0) is 25.5 Å². The Labute approximate surface area is 169 Å². The molecule has 148 valence electrons. The van der Waals surface area contributed by atoms with Crippen LogP contribution in [0, 0.1) is 5.92 Å². The van der Waals surface area contributed by atoms with Crippen LogP contribution >= 0.6 is 11.6 Å². The third-order valence-corrected chi connectivity index (χ3v) is 4.95. The van der Waals surface area contributed by atoms with E-state index in [0.717, 1.165) is 12.0 Å². The van der Waals surface area contributed by atoms with Crippen LogP contribution in [0.4, 0.5) is 0 Å². The lowest BCUT2D eigenvalue weighted by Gasteiger charge is -2.23. The third kappa shape index (κ3) is 5.20. The lowest BCUT2D eigenvalue weighted by Crippen LogP contribution is -2.33. The van der Waals surface area contributed by atoms with Crippen LogP contribution in [0.5, 0.6) is 0 Å². The monoisotopic (exact) mass is 402 g/mol. The standard InChI is InChI=1S/C22H23ClO5/c1-4-14-5-7-16(8-6-14)19(24)13-18(15-9-11-17(23)12-10-15)20(21(25)27-2)22(26)28-3/h5-12,18,20H,4,13H2,1-3H3. The quantitative estimate of drug-likeness (QED) is 0.375. The zero-order chi connectivity index (χ0) is 20.7. The van der Waals surface area contributed by atoms with Gasteiger partial charge in [0.1, 0.15) is 0 Å². The number of ether oxygens (including phenoxy) is 2. The van der Waals surface area contributed by atoms with Crippen molar-refractivity contribution in [1.82, 2.24) is 0 Å². The van der Waals surface area contributed by atoms with Crippen molar-refractivity contribution < 1.29 is 23.9 Å². The van der Waals surface area contributed by atoms with E-state index in [1.807, 2.05) is 19.1 Å². The van der Waals surface area contributed by atoms with Gasteiger partial charge in [-0.3, -0.25) is 14.4 Å². The van der Waals surface area contributed by atoms with Gasteiger partial charge in [0.25, 0.3) is 0 Å². The molecule has 2 aromatic carbocycles. The molecule has 2 aromatic rings.